The van der Waals surface area contributed by atoms with Gasteiger partial charge in [-0.25, -0.2) is 0 Å². The van der Waals surface area contributed by atoms with Crippen molar-refractivity contribution in [3.63, 3.8) is 0 Å². The van der Waals surface area contributed by atoms with E-state index in [-0.39, 0.29) is 0 Å². The minimum Gasteiger partial charge on any atom is -0.480 e. The molecule has 0 rings (SSSR count). The normalized spacial score (nSPS) is 16.4. The SMILES string of the molecule is NC(C(=O)O)C(CSCS(=O)(=O)O)S(=O)(=O)O. The molecule has 9 nitrogen and oxygen atoms in total. The van der Waals surface area contributed by atoms with Crippen molar-refractivity contribution in [3.8, 4) is 0 Å². The molecule has 0 aliphatic rings. The summed E-state index contributed by atoms with van der Waals surface area (Å²) >= 11 is 0.420. The second-order valence-corrected chi connectivity index (χ2v) is 7.47. The topological polar surface area (TPSA) is 172 Å². The van der Waals surface area contributed by atoms with Gasteiger partial charge in [-0.1, -0.05) is 0 Å². The molecule has 0 amide bonds. The summed E-state index contributed by atoms with van der Waals surface area (Å²) in [4.78, 5) is 10.5. The van der Waals surface area contributed by atoms with Gasteiger partial charge in [0.1, 0.15) is 16.4 Å². The molecule has 102 valence electrons. The zero-order chi connectivity index (χ0) is 13.9. The van der Waals surface area contributed by atoms with Crippen LogP contribution in [0.2, 0.25) is 0 Å². The molecule has 0 fully saturated rings. The quantitative estimate of drug-likeness (QED) is 0.394. The predicted molar refractivity (Wildman–Crippen MR) is 59.8 cm³/mol. The summed E-state index contributed by atoms with van der Waals surface area (Å²) in [6.45, 7) is 0. The molecule has 0 spiro atoms. The molecular weight excluding hydrogens is 298 g/mol. The van der Waals surface area contributed by atoms with Crippen LogP contribution in [0.25, 0.3) is 0 Å². The number of carboxylic acid groups (broad SMARTS) is 1. The van der Waals surface area contributed by atoms with E-state index in [2.05, 4.69) is 0 Å². The molecule has 0 aromatic carbocycles. The van der Waals surface area contributed by atoms with Crippen LogP contribution in [0, 0.1) is 0 Å². The third-order valence-corrected chi connectivity index (χ3v) is 5.47. The average Bonchev–Trinajstić information content (AvgIpc) is 2.07. The Morgan fingerprint density at radius 1 is 1.24 bits per heavy atom. The van der Waals surface area contributed by atoms with Crippen LogP contribution in [0.1, 0.15) is 0 Å². The van der Waals surface area contributed by atoms with E-state index in [1.54, 1.807) is 0 Å². The smallest absolute Gasteiger partial charge is 0.321 e. The number of nitrogens with two attached hydrogens (primary N) is 1. The third-order valence-electron chi connectivity index (χ3n) is 1.58. The zero-order valence-corrected chi connectivity index (χ0v) is 10.7. The number of carbonyl (C=O) groups is 1. The minimum absolute atomic E-state index is 0.420. The first-order chi connectivity index (χ1) is 7.45. The number of rotatable bonds is 7. The minimum atomic E-state index is -4.73. The van der Waals surface area contributed by atoms with Crippen LogP contribution >= 0.6 is 11.8 Å². The Morgan fingerprint density at radius 2 is 1.71 bits per heavy atom. The summed E-state index contributed by atoms with van der Waals surface area (Å²) in [6, 6.07) is -1.89. The molecule has 0 aromatic heterocycles. The molecule has 0 heterocycles. The summed E-state index contributed by atoms with van der Waals surface area (Å²) in [5.74, 6) is -2.23. The zero-order valence-electron chi connectivity index (χ0n) is 8.25. The summed E-state index contributed by atoms with van der Waals surface area (Å²) < 4.78 is 59.4. The van der Waals surface area contributed by atoms with Gasteiger partial charge < -0.3 is 10.8 Å². The van der Waals surface area contributed by atoms with Crippen LogP contribution in [0.5, 0.6) is 0 Å². The summed E-state index contributed by atoms with van der Waals surface area (Å²) in [6.07, 6.45) is 0. The average molecular weight is 309 g/mol. The van der Waals surface area contributed by atoms with Gasteiger partial charge in [0.05, 0.1) is 0 Å². The maximum Gasteiger partial charge on any atom is 0.321 e. The first-order valence-electron chi connectivity index (χ1n) is 3.92. The lowest BCUT2D eigenvalue weighted by Crippen LogP contribution is -2.47. The molecule has 0 saturated carbocycles. The largest absolute Gasteiger partial charge is 0.480 e. The third kappa shape index (κ3) is 6.80. The maximum atomic E-state index is 10.8. The van der Waals surface area contributed by atoms with Gasteiger partial charge in [-0.05, 0) is 0 Å². The molecular formula is C5H11NO8S3. The van der Waals surface area contributed by atoms with Crippen molar-refractivity contribution in [1.82, 2.24) is 0 Å². The van der Waals surface area contributed by atoms with Crippen LogP contribution < -0.4 is 5.73 Å². The Balaban J connectivity index is 4.70. The molecule has 0 aromatic rings. The number of thioether (sulfide) groups is 1. The number of carboxylic acids is 1. The van der Waals surface area contributed by atoms with Gasteiger partial charge >= 0.3 is 5.97 Å². The van der Waals surface area contributed by atoms with E-state index in [1.165, 1.54) is 0 Å². The molecule has 0 saturated heterocycles. The van der Waals surface area contributed by atoms with Crippen LogP contribution in [0.3, 0.4) is 0 Å². The highest BCUT2D eigenvalue weighted by Gasteiger charge is 2.34. The van der Waals surface area contributed by atoms with E-state index in [0.29, 0.717) is 11.8 Å². The molecule has 0 radical (unpaired) electrons. The first-order valence-corrected chi connectivity index (χ1v) is 8.19. The summed E-state index contributed by atoms with van der Waals surface area (Å²) in [5.41, 5.74) is 5.03. The van der Waals surface area contributed by atoms with Gasteiger partial charge in [-0.2, -0.15) is 16.8 Å². The van der Waals surface area contributed by atoms with Crippen LogP contribution in [0.15, 0.2) is 0 Å². The van der Waals surface area contributed by atoms with Crippen LogP contribution in [0.4, 0.5) is 0 Å². The van der Waals surface area contributed by atoms with E-state index < -0.39 is 48.3 Å². The number of hydrogen-bond acceptors (Lipinski definition) is 7. The van der Waals surface area contributed by atoms with E-state index in [4.69, 9.17) is 19.9 Å². The Morgan fingerprint density at radius 3 is 2.00 bits per heavy atom. The Kier molecular flexibility index (Phi) is 5.83. The van der Waals surface area contributed by atoms with Gasteiger partial charge in [-0.15, -0.1) is 11.8 Å². The van der Waals surface area contributed by atoms with Gasteiger partial charge in [0, 0.05) is 5.75 Å². The maximum absolute atomic E-state index is 10.8. The second kappa shape index (κ2) is 5.97. The van der Waals surface area contributed by atoms with E-state index in [9.17, 15) is 21.6 Å². The molecule has 12 heteroatoms. The lowest BCUT2D eigenvalue weighted by molar-refractivity contribution is -0.138. The standard InChI is InChI=1S/C5H11NO8S3/c6-4(5(7)8)3(17(12,13)14)1-15-2-16(9,10)11/h3-4H,1-2,6H2,(H,7,8)(H,9,10,11)(H,12,13,14). The Hall–Kier alpha value is -0.400. The fraction of sp³-hybridized carbons (Fsp3) is 0.800. The summed E-state index contributed by atoms with van der Waals surface area (Å²) in [7, 11) is -9.04. The molecule has 17 heavy (non-hydrogen) atoms. The lowest BCUT2D eigenvalue weighted by atomic mass is 10.2. The number of aliphatic carboxylic acids is 1. The van der Waals surface area contributed by atoms with Crippen molar-refractivity contribution in [2.45, 2.75) is 11.3 Å². The predicted octanol–water partition coefficient (Wildman–Crippen LogP) is -1.77. The van der Waals surface area contributed by atoms with Crippen molar-refractivity contribution < 1.29 is 35.8 Å². The Labute approximate surface area is 102 Å². The van der Waals surface area contributed by atoms with Gasteiger partial charge in [-0.3, -0.25) is 13.9 Å². The second-order valence-electron chi connectivity index (χ2n) is 2.99. The van der Waals surface area contributed by atoms with E-state index in [0.717, 1.165) is 0 Å². The van der Waals surface area contributed by atoms with Gasteiger partial charge in [0.25, 0.3) is 20.2 Å². The highest BCUT2D eigenvalue weighted by atomic mass is 32.3. The molecule has 2 atom stereocenters. The highest BCUT2D eigenvalue weighted by Crippen LogP contribution is 2.13. The number of hydrogen-bond donors (Lipinski definition) is 4. The first kappa shape index (κ1) is 16.6. The van der Waals surface area contributed by atoms with E-state index >= 15 is 0 Å². The highest BCUT2D eigenvalue weighted by molar-refractivity contribution is 8.11. The van der Waals surface area contributed by atoms with Gasteiger partial charge in [0.15, 0.2) is 0 Å². The van der Waals surface area contributed by atoms with E-state index in [1.807, 2.05) is 0 Å². The van der Waals surface area contributed by atoms with Crippen molar-refractivity contribution in [2.75, 3.05) is 10.8 Å². The molecule has 0 bridgehead atoms. The van der Waals surface area contributed by atoms with Crippen molar-refractivity contribution in [3.05, 3.63) is 0 Å². The van der Waals surface area contributed by atoms with Crippen molar-refractivity contribution >= 4 is 38.0 Å². The monoisotopic (exact) mass is 309 g/mol. The van der Waals surface area contributed by atoms with Crippen molar-refractivity contribution in [1.29, 1.82) is 0 Å². The Bertz CT molecular complexity index is 467. The fourth-order valence-corrected chi connectivity index (χ4v) is 3.93. The molecule has 0 aliphatic carbocycles. The van der Waals surface area contributed by atoms with Crippen LogP contribution in [-0.4, -0.2) is 59.1 Å². The lowest BCUT2D eigenvalue weighted by Gasteiger charge is -2.16. The molecule has 0 aliphatic heterocycles. The fourth-order valence-electron chi connectivity index (χ4n) is 0.804. The molecule has 5 N–H and O–H groups in total. The van der Waals surface area contributed by atoms with Gasteiger partial charge in [0.2, 0.25) is 0 Å². The summed E-state index contributed by atoms with van der Waals surface area (Å²) in [5, 5.41) is 5.81. The molecule has 2 unspecified atom stereocenters. The van der Waals surface area contributed by atoms with Crippen LogP contribution in [-0.2, 0) is 25.0 Å². The van der Waals surface area contributed by atoms with Crippen molar-refractivity contribution in [2.24, 2.45) is 5.73 Å².